The van der Waals surface area contributed by atoms with Crippen molar-refractivity contribution in [2.45, 2.75) is 83.3 Å². The lowest BCUT2D eigenvalue weighted by molar-refractivity contribution is -0.203. The zero-order chi connectivity index (χ0) is 20.9. The van der Waals surface area contributed by atoms with Crippen molar-refractivity contribution in [2.75, 3.05) is 6.61 Å². The molecule has 160 valence electrons. The van der Waals surface area contributed by atoms with E-state index in [2.05, 4.69) is 6.92 Å². The molecule has 2 fully saturated rings. The number of carbonyl (C=O) groups excluding carboxylic acids is 2. The van der Waals surface area contributed by atoms with E-state index >= 15 is 0 Å². The van der Waals surface area contributed by atoms with Gasteiger partial charge in [-0.05, 0) is 24.8 Å². The van der Waals surface area contributed by atoms with Crippen molar-refractivity contribution in [3.63, 3.8) is 0 Å². The second-order valence-corrected chi connectivity index (χ2v) is 7.60. The number of hydrogen-bond donors (Lipinski definition) is 0. The van der Waals surface area contributed by atoms with Gasteiger partial charge in [-0.2, -0.15) is 0 Å². The molecule has 0 aromatic heterocycles. The van der Waals surface area contributed by atoms with Gasteiger partial charge in [0.05, 0.1) is 12.7 Å². The summed E-state index contributed by atoms with van der Waals surface area (Å²) in [4.78, 5) is 23.4. The average Bonchev–Trinajstić information content (AvgIpc) is 3.16. The summed E-state index contributed by atoms with van der Waals surface area (Å²) in [6.07, 6.45) is 0.701. The molecular formula is C22H30O7. The summed E-state index contributed by atoms with van der Waals surface area (Å²) >= 11 is 0. The van der Waals surface area contributed by atoms with Gasteiger partial charge in [0.1, 0.15) is 11.7 Å². The van der Waals surface area contributed by atoms with Gasteiger partial charge >= 0.3 is 11.9 Å². The number of benzene rings is 1. The summed E-state index contributed by atoms with van der Waals surface area (Å²) in [5.74, 6) is -0.983. The highest BCUT2D eigenvalue weighted by Gasteiger charge is 2.66. The van der Waals surface area contributed by atoms with E-state index in [0.29, 0.717) is 26.1 Å². The molecule has 1 unspecified atom stereocenters. The van der Waals surface area contributed by atoms with Crippen LogP contribution < -0.4 is 0 Å². The number of carbonyl (C=O) groups is 2. The maximum absolute atomic E-state index is 11.8. The molecule has 7 nitrogen and oxygen atoms in total. The zero-order valence-corrected chi connectivity index (χ0v) is 17.3. The van der Waals surface area contributed by atoms with Crippen molar-refractivity contribution in [2.24, 2.45) is 0 Å². The molecule has 29 heavy (non-hydrogen) atoms. The standard InChI is InChI=1S/C22H30O7/c1-4-5-13-25-18-11-12-22(26-14-17-9-7-6-8-10-17)19(18)29-21(28-16(3)24)20(22)27-15(2)23/h6-10,18-21H,4-5,11-14H2,1-3H3/t18-,19?,20+,21+,22-/m1/s1. The Hall–Kier alpha value is -1.96. The Morgan fingerprint density at radius 3 is 2.52 bits per heavy atom. The maximum Gasteiger partial charge on any atom is 0.305 e. The van der Waals surface area contributed by atoms with Gasteiger partial charge in [0.2, 0.25) is 6.29 Å². The van der Waals surface area contributed by atoms with Crippen molar-refractivity contribution in [3.05, 3.63) is 35.9 Å². The van der Waals surface area contributed by atoms with Crippen molar-refractivity contribution in [1.82, 2.24) is 0 Å². The first-order valence-corrected chi connectivity index (χ1v) is 10.3. The quantitative estimate of drug-likeness (QED) is 0.460. The van der Waals surface area contributed by atoms with E-state index in [-0.39, 0.29) is 6.10 Å². The van der Waals surface area contributed by atoms with Gasteiger partial charge in [0.25, 0.3) is 0 Å². The highest BCUT2D eigenvalue weighted by Crippen LogP contribution is 2.49. The van der Waals surface area contributed by atoms with Crippen LogP contribution in [0.15, 0.2) is 30.3 Å². The minimum Gasteiger partial charge on any atom is -0.453 e. The first-order valence-electron chi connectivity index (χ1n) is 10.3. The predicted octanol–water partition coefficient (Wildman–Crippen LogP) is 3.14. The largest absolute Gasteiger partial charge is 0.453 e. The van der Waals surface area contributed by atoms with Crippen LogP contribution in [0.25, 0.3) is 0 Å². The van der Waals surface area contributed by atoms with Gasteiger partial charge < -0.3 is 23.7 Å². The van der Waals surface area contributed by atoms with Gasteiger partial charge in [-0.15, -0.1) is 0 Å². The Morgan fingerprint density at radius 2 is 1.86 bits per heavy atom. The number of hydrogen-bond acceptors (Lipinski definition) is 7. The van der Waals surface area contributed by atoms with Crippen molar-refractivity contribution >= 4 is 11.9 Å². The van der Waals surface area contributed by atoms with Crippen molar-refractivity contribution < 1.29 is 33.3 Å². The molecule has 1 aliphatic carbocycles. The monoisotopic (exact) mass is 406 g/mol. The Morgan fingerprint density at radius 1 is 1.14 bits per heavy atom. The first-order chi connectivity index (χ1) is 14.0. The summed E-state index contributed by atoms with van der Waals surface area (Å²) in [7, 11) is 0. The molecule has 1 saturated heterocycles. The number of rotatable bonds is 9. The van der Waals surface area contributed by atoms with Gasteiger partial charge in [-0.3, -0.25) is 9.59 Å². The smallest absolute Gasteiger partial charge is 0.305 e. The topological polar surface area (TPSA) is 80.3 Å². The Labute approximate surface area is 171 Å². The summed E-state index contributed by atoms with van der Waals surface area (Å²) in [5, 5.41) is 0. The second kappa shape index (κ2) is 9.69. The molecule has 1 aromatic rings. The average molecular weight is 406 g/mol. The van der Waals surface area contributed by atoms with Gasteiger partial charge in [-0.25, -0.2) is 0 Å². The molecule has 0 N–H and O–H groups in total. The van der Waals surface area contributed by atoms with Crippen LogP contribution in [0.1, 0.15) is 52.0 Å². The summed E-state index contributed by atoms with van der Waals surface area (Å²) in [6, 6.07) is 9.76. The SMILES string of the molecule is CCCCO[C@@H]1CC[C@@]2(OCc3ccccc3)C1O[C@H](OC(C)=O)[C@@H]2OC(C)=O. The zero-order valence-electron chi connectivity index (χ0n) is 17.3. The number of fused-ring (bicyclic) bond motifs is 1. The van der Waals surface area contributed by atoms with Crippen LogP contribution in [-0.2, 0) is 39.9 Å². The molecule has 1 aromatic carbocycles. The molecule has 5 atom stereocenters. The van der Waals surface area contributed by atoms with E-state index in [1.807, 2.05) is 30.3 Å². The van der Waals surface area contributed by atoms with E-state index in [1.54, 1.807) is 0 Å². The predicted molar refractivity (Wildman–Crippen MR) is 104 cm³/mol. The maximum atomic E-state index is 11.8. The third kappa shape index (κ3) is 4.97. The lowest BCUT2D eigenvalue weighted by Gasteiger charge is -2.34. The van der Waals surface area contributed by atoms with E-state index < -0.39 is 36.0 Å². The molecule has 0 amide bonds. The normalized spacial score (nSPS) is 30.7. The molecule has 0 radical (unpaired) electrons. The number of unbranched alkanes of at least 4 members (excludes halogenated alkanes) is 1. The Balaban J connectivity index is 1.85. The molecule has 2 aliphatic rings. The highest BCUT2D eigenvalue weighted by atomic mass is 16.8. The van der Waals surface area contributed by atoms with Crippen LogP contribution in [0.3, 0.4) is 0 Å². The molecule has 1 aliphatic heterocycles. The molecule has 1 heterocycles. The highest BCUT2D eigenvalue weighted by molar-refractivity contribution is 5.67. The minimum atomic E-state index is -1.02. The summed E-state index contributed by atoms with van der Waals surface area (Å²) in [6.45, 7) is 5.67. The number of esters is 2. The van der Waals surface area contributed by atoms with Crippen LogP contribution in [0.4, 0.5) is 0 Å². The Bertz CT molecular complexity index is 692. The molecule has 7 heteroatoms. The fourth-order valence-corrected chi connectivity index (χ4v) is 4.09. The molecule has 3 rings (SSSR count). The van der Waals surface area contributed by atoms with Crippen LogP contribution in [0.2, 0.25) is 0 Å². The van der Waals surface area contributed by atoms with Crippen LogP contribution in [0, 0.1) is 0 Å². The van der Waals surface area contributed by atoms with E-state index in [1.165, 1.54) is 13.8 Å². The minimum absolute atomic E-state index is 0.212. The molecular weight excluding hydrogens is 376 g/mol. The van der Waals surface area contributed by atoms with Gasteiger partial charge in [0, 0.05) is 20.5 Å². The lowest BCUT2D eigenvalue weighted by atomic mass is 9.93. The van der Waals surface area contributed by atoms with E-state index in [9.17, 15) is 9.59 Å². The van der Waals surface area contributed by atoms with Crippen LogP contribution >= 0.6 is 0 Å². The van der Waals surface area contributed by atoms with E-state index in [4.69, 9.17) is 23.7 Å². The van der Waals surface area contributed by atoms with E-state index in [0.717, 1.165) is 18.4 Å². The fraction of sp³-hybridized carbons (Fsp3) is 0.636. The summed E-state index contributed by atoms with van der Waals surface area (Å²) < 4.78 is 29.4. The van der Waals surface area contributed by atoms with Crippen molar-refractivity contribution in [3.8, 4) is 0 Å². The van der Waals surface area contributed by atoms with Gasteiger partial charge in [-0.1, -0.05) is 43.7 Å². The molecule has 0 spiro atoms. The lowest BCUT2D eigenvalue weighted by Crippen LogP contribution is -2.51. The fourth-order valence-electron chi connectivity index (χ4n) is 4.09. The third-order valence-corrected chi connectivity index (χ3v) is 5.40. The summed E-state index contributed by atoms with van der Waals surface area (Å²) in [5.41, 5.74) is 0.0619. The van der Waals surface area contributed by atoms with Gasteiger partial charge in [0.15, 0.2) is 6.10 Å². The van der Waals surface area contributed by atoms with Crippen LogP contribution in [0.5, 0.6) is 0 Å². The molecule has 0 bridgehead atoms. The molecule has 1 saturated carbocycles. The second-order valence-electron chi connectivity index (χ2n) is 7.60. The van der Waals surface area contributed by atoms with Crippen molar-refractivity contribution in [1.29, 1.82) is 0 Å². The number of ether oxygens (including phenoxy) is 5. The first kappa shape index (κ1) is 21.7. The third-order valence-electron chi connectivity index (χ3n) is 5.40. The Kier molecular flexibility index (Phi) is 7.27. The van der Waals surface area contributed by atoms with Crippen LogP contribution in [-0.4, -0.2) is 48.7 Å².